The van der Waals surface area contributed by atoms with Crippen molar-refractivity contribution in [2.24, 2.45) is 0 Å². The summed E-state index contributed by atoms with van der Waals surface area (Å²) >= 11 is 0. The monoisotopic (exact) mass is 256 g/mol. The van der Waals surface area contributed by atoms with Gasteiger partial charge >= 0.3 is 0 Å². The smallest absolute Gasteiger partial charge is 0.124 e. The molecule has 1 rings (SSSR count). The highest BCUT2D eigenvalue weighted by atomic mass is 16.5. The van der Waals surface area contributed by atoms with Crippen LogP contribution in [-0.4, -0.2) is 24.6 Å². The van der Waals surface area contributed by atoms with Crippen molar-refractivity contribution in [2.45, 2.75) is 13.0 Å². The van der Waals surface area contributed by atoms with Gasteiger partial charge in [0.25, 0.3) is 0 Å². The van der Waals surface area contributed by atoms with Gasteiger partial charge in [0.05, 0.1) is 12.7 Å². The van der Waals surface area contributed by atoms with Gasteiger partial charge in [0.1, 0.15) is 11.8 Å². The molecule has 1 aromatic carbocycles. The summed E-state index contributed by atoms with van der Waals surface area (Å²) < 4.78 is 5.47. The molecule has 0 N–H and O–H groups in total. The Morgan fingerprint density at radius 3 is 2.58 bits per heavy atom. The molecule has 3 nitrogen and oxygen atoms in total. The van der Waals surface area contributed by atoms with Crippen molar-refractivity contribution in [1.82, 2.24) is 4.90 Å². The lowest BCUT2D eigenvalue weighted by Gasteiger charge is -2.25. The third-order valence-electron chi connectivity index (χ3n) is 2.70. The van der Waals surface area contributed by atoms with E-state index in [1.807, 2.05) is 36.1 Å². The first-order valence-corrected chi connectivity index (χ1v) is 6.35. The fourth-order valence-electron chi connectivity index (χ4n) is 1.93. The maximum absolute atomic E-state index is 9.42. The maximum Gasteiger partial charge on any atom is 0.124 e. The number of nitrogens with zero attached hydrogens (tertiary/aromatic N) is 2. The van der Waals surface area contributed by atoms with Crippen LogP contribution in [0.1, 0.15) is 18.5 Å². The topological polar surface area (TPSA) is 36.3 Å². The minimum atomic E-state index is -0.323. The molecule has 0 bridgehead atoms. The second-order valence-electron chi connectivity index (χ2n) is 4.07. The molecule has 1 unspecified atom stereocenters. The van der Waals surface area contributed by atoms with Gasteiger partial charge in [0.15, 0.2) is 0 Å². The fraction of sp³-hybridized carbons (Fsp3) is 0.312. The van der Waals surface area contributed by atoms with Gasteiger partial charge in [-0.05, 0) is 24.6 Å². The van der Waals surface area contributed by atoms with Gasteiger partial charge in [-0.2, -0.15) is 5.26 Å². The Morgan fingerprint density at radius 2 is 2.05 bits per heavy atom. The van der Waals surface area contributed by atoms with Crippen LogP contribution in [0, 0.1) is 11.3 Å². The Kier molecular flexibility index (Phi) is 6.42. The average molecular weight is 256 g/mol. The minimum absolute atomic E-state index is 0.323. The van der Waals surface area contributed by atoms with Gasteiger partial charge in [0.2, 0.25) is 0 Å². The van der Waals surface area contributed by atoms with Gasteiger partial charge in [-0.25, -0.2) is 0 Å². The number of rotatable bonds is 8. The van der Waals surface area contributed by atoms with E-state index in [0.29, 0.717) is 19.7 Å². The Labute approximate surface area is 115 Å². The molecular weight excluding hydrogens is 236 g/mol. The summed E-state index contributed by atoms with van der Waals surface area (Å²) in [5.74, 6) is 0.789. The van der Waals surface area contributed by atoms with Crippen LogP contribution >= 0.6 is 0 Å². The Hall–Kier alpha value is -2.05. The van der Waals surface area contributed by atoms with E-state index in [2.05, 4.69) is 19.2 Å². The van der Waals surface area contributed by atoms with E-state index in [0.717, 1.165) is 11.3 Å². The molecular formula is C16H20N2O. The number of hydrogen-bond donors (Lipinski definition) is 0. The largest absolute Gasteiger partial charge is 0.494 e. The van der Waals surface area contributed by atoms with Gasteiger partial charge in [-0.15, -0.1) is 13.2 Å². The second-order valence-corrected chi connectivity index (χ2v) is 4.07. The molecule has 0 aromatic heterocycles. The molecule has 1 aromatic rings. The summed E-state index contributed by atoms with van der Waals surface area (Å²) in [6.45, 7) is 11.3. The zero-order chi connectivity index (χ0) is 14.1. The molecule has 0 fully saturated rings. The average Bonchev–Trinajstić information content (AvgIpc) is 2.41. The molecule has 19 heavy (non-hydrogen) atoms. The van der Waals surface area contributed by atoms with Crippen LogP contribution in [0.4, 0.5) is 0 Å². The van der Waals surface area contributed by atoms with Crippen molar-refractivity contribution in [2.75, 3.05) is 19.7 Å². The van der Waals surface area contributed by atoms with E-state index in [-0.39, 0.29) is 6.04 Å². The van der Waals surface area contributed by atoms with Gasteiger partial charge in [-0.3, -0.25) is 4.90 Å². The predicted octanol–water partition coefficient (Wildman–Crippen LogP) is 3.32. The summed E-state index contributed by atoms with van der Waals surface area (Å²) in [5, 5.41) is 9.42. The van der Waals surface area contributed by atoms with Gasteiger partial charge in [-0.1, -0.05) is 24.3 Å². The highest BCUT2D eigenvalue weighted by molar-refractivity contribution is 5.33. The summed E-state index contributed by atoms with van der Waals surface area (Å²) in [6.07, 6.45) is 3.58. The highest BCUT2D eigenvalue weighted by Gasteiger charge is 2.18. The maximum atomic E-state index is 9.42. The first-order valence-electron chi connectivity index (χ1n) is 6.35. The van der Waals surface area contributed by atoms with Crippen molar-refractivity contribution >= 4 is 0 Å². The van der Waals surface area contributed by atoms with Crippen LogP contribution in [0.2, 0.25) is 0 Å². The molecule has 100 valence electrons. The minimum Gasteiger partial charge on any atom is -0.494 e. The SMILES string of the molecule is C=CCN(CC=C)C(C#N)c1cccc(OCC)c1. The number of benzene rings is 1. The molecule has 0 saturated heterocycles. The van der Waals surface area contributed by atoms with Crippen LogP contribution in [0.5, 0.6) is 5.75 Å². The Morgan fingerprint density at radius 1 is 1.37 bits per heavy atom. The lowest BCUT2D eigenvalue weighted by Crippen LogP contribution is -2.28. The Balaban J connectivity index is 3.00. The summed E-state index contributed by atoms with van der Waals surface area (Å²) in [5.41, 5.74) is 0.928. The molecule has 0 spiro atoms. The van der Waals surface area contributed by atoms with E-state index in [1.165, 1.54) is 0 Å². The molecule has 0 aliphatic carbocycles. The van der Waals surface area contributed by atoms with Crippen LogP contribution < -0.4 is 4.74 Å². The van der Waals surface area contributed by atoms with Crippen LogP contribution in [0.25, 0.3) is 0 Å². The lowest BCUT2D eigenvalue weighted by molar-refractivity contribution is 0.289. The van der Waals surface area contributed by atoms with Crippen molar-refractivity contribution < 1.29 is 4.74 Å². The highest BCUT2D eigenvalue weighted by Crippen LogP contribution is 2.24. The standard InChI is InChI=1S/C16H20N2O/c1-4-10-18(11-5-2)16(13-17)14-8-7-9-15(12-14)19-6-3/h4-5,7-9,12,16H,1-2,6,10-11H2,3H3. The van der Waals surface area contributed by atoms with E-state index >= 15 is 0 Å². The first kappa shape index (κ1) is 15.0. The summed E-state index contributed by atoms with van der Waals surface area (Å²) in [6, 6.07) is 9.67. The quantitative estimate of drug-likeness (QED) is 0.669. The van der Waals surface area contributed by atoms with E-state index in [4.69, 9.17) is 4.74 Å². The van der Waals surface area contributed by atoms with E-state index in [9.17, 15) is 5.26 Å². The van der Waals surface area contributed by atoms with Crippen molar-refractivity contribution in [3.63, 3.8) is 0 Å². The normalized spacial score (nSPS) is 11.6. The summed E-state index contributed by atoms with van der Waals surface area (Å²) in [4.78, 5) is 2.01. The molecule has 0 amide bonds. The predicted molar refractivity (Wildman–Crippen MR) is 77.9 cm³/mol. The van der Waals surface area contributed by atoms with E-state index < -0.39 is 0 Å². The first-order chi connectivity index (χ1) is 9.26. The molecule has 0 saturated carbocycles. The second kappa shape index (κ2) is 8.12. The number of ether oxygens (including phenoxy) is 1. The van der Waals surface area contributed by atoms with Crippen molar-refractivity contribution in [3.8, 4) is 11.8 Å². The van der Waals surface area contributed by atoms with Crippen molar-refractivity contribution in [1.29, 1.82) is 5.26 Å². The third-order valence-corrected chi connectivity index (χ3v) is 2.70. The molecule has 0 aliphatic heterocycles. The lowest BCUT2D eigenvalue weighted by atomic mass is 10.1. The molecule has 0 aliphatic rings. The summed E-state index contributed by atoms with van der Waals surface area (Å²) in [7, 11) is 0. The van der Waals surface area contributed by atoms with Crippen LogP contribution in [0.3, 0.4) is 0 Å². The molecule has 3 heteroatoms. The molecule has 1 atom stereocenters. The van der Waals surface area contributed by atoms with Crippen LogP contribution in [0.15, 0.2) is 49.6 Å². The fourth-order valence-corrected chi connectivity index (χ4v) is 1.93. The number of nitriles is 1. The van der Waals surface area contributed by atoms with E-state index in [1.54, 1.807) is 12.2 Å². The zero-order valence-corrected chi connectivity index (χ0v) is 11.4. The molecule has 0 heterocycles. The number of hydrogen-bond acceptors (Lipinski definition) is 3. The zero-order valence-electron chi connectivity index (χ0n) is 11.4. The van der Waals surface area contributed by atoms with Gasteiger partial charge < -0.3 is 4.74 Å². The van der Waals surface area contributed by atoms with Gasteiger partial charge in [0, 0.05) is 13.1 Å². The molecule has 0 radical (unpaired) electrons. The third kappa shape index (κ3) is 4.27. The van der Waals surface area contributed by atoms with Crippen molar-refractivity contribution in [3.05, 3.63) is 55.1 Å². The van der Waals surface area contributed by atoms with Crippen LogP contribution in [-0.2, 0) is 0 Å². The Bertz CT molecular complexity index is 452.